The second-order valence-corrected chi connectivity index (χ2v) is 5.17. The number of carboxylic acid groups (broad SMARTS) is 1. The molecule has 0 saturated heterocycles. The Bertz CT molecular complexity index is 497. The van der Waals surface area contributed by atoms with Crippen molar-refractivity contribution in [2.24, 2.45) is 5.41 Å². The van der Waals surface area contributed by atoms with Crippen LogP contribution in [-0.2, 0) is 0 Å². The van der Waals surface area contributed by atoms with Crippen LogP contribution < -0.4 is 5.32 Å². The van der Waals surface area contributed by atoms with E-state index in [0.29, 0.717) is 12.2 Å². The highest BCUT2D eigenvalue weighted by molar-refractivity contribution is 5.93. The van der Waals surface area contributed by atoms with E-state index in [1.165, 1.54) is 12.1 Å². The third-order valence-corrected chi connectivity index (χ3v) is 3.15. The number of hydrogen-bond donors (Lipinski definition) is 2. The molecule has 0 bridgehead atoms. The average Bonchev–Trinajstić information content (AvgIpc) is 2.36. The van der Waals surface area contributed by atoms with E-state index in [4.69, 9.17) is 5.11 Å². The molecule has 0 aliphatic heterocycles. The van der Waals surface area contributed by atoms with Gasteiger partial charge in [-0.15, -0.1) is 0 Å². The highest BCUT2D eigenvalue weighted by Crippen LogP contribution is 2.25. The van der Waals surface area contributed by atoms with Crippen molar-refractivity contribution in [2.45, 2.75) is 27.2 Å². The molecule has 1 rings (SSSR count). The van der Waals surface area contributed by atoms with Crippen molar-refractivity contribution in [3.63, 3.8) is 0 Å². The number of rotatable bonds is 6. The number of hydrogen-bond acceptors (Lipinski definition) is 4. The second kappa shape index (κ2) is 5.69. The fourth-order valence-electron chi connectivity index (χ4n) is 1.44. The molecule has 0 unspecified atom stereocenters. The zero-order valence-electron chi connectivity index (χ0n) is 11.3. The predicted octanol–water partition coefficient (Wildman–Crippen LogP) is 3.14. The van der Waals surface area contributed by atoms with Crippen molar-refractivity contribution in [1.82, 2.24) is 0 Å². The lowest BCUT2D eigenvalue weighted by Gasteiger charge is -2.23. The Balaban J connectivity index is 2.97. The third kappa shape index (κ3) is 3.94. The van der Waals surface area contributed by atoms with Crippen LogP contribution in [0.25, 0.3) is 0 Å². The molecule has 0 radical (unpaired) electrons. The molecular formula is C13H18N2O4. The second-order valence-electron chi connectivity index (χ2n) is 5.17. The minimum atomic E-state index is -1.30. The monoisotopic (exact) mass is 266 g/mol. The van der Waals surface area contributed by atoms with E-state index < -0.39 is 16.6 Å². The Morgan fingerprint density at radius 1 is 1.47 bits per heavy atom. The van der Waals surface area contributed by atoms with Gasteiger partial charge in [0.05, 0.1) is 4.92 Å². The lowest BCUT2D eigenvalue weighted by Crippen LogP contribution is -2.22. The van der Waals surface area contributed by atoms with Crippen LogP contribution in [0.2, 0.25) is 0 Å². The third-order valence-electron chi connectivity index (χ3n) is 3.15. The van der Waals surface area contributed by atoms with Crippen molar-refractivity contribution in [2.75, 3.05) is 11.9 Å². The Morgan fingerprint density at radius 3 is 2.58 bits per heavy atom. The summed E-state index contributed by atoms with van der Waals surface area (Å²) in [5.74, 6) is -1.30. The molecule has 2 N–H and O–H groups in total. The van der Waals surface area contributed by atoms with Gasteiger partial charge in [-0.2, -0.15) is 0 Å². The lowest BCUT2D eigenvalue weighted by atomic mass is 9.90. The van der Waals surface area contributed by atoms with Gasteiger partial charge >= 0.3 is 5.97 Å². The van der Waals surface area contributed by atoms with Gasteiger partial charge in [0.15, 0.2) is 0 Å². The summed E-state index contributed by atoms with van der Waals surface area (Å²) in [5.41, 5.74) is -0.0735. The van der Waals surface area contributed by atoms with Crippen molar-refractivity contribution < 1.29 is 14.8 Å². The molecule has 0 aliphatic carbocycles. The van der Waals surface area contributed by atoms with Crippen LogP contribution in [0.15, 0.2) is 18.2 Å². The zero-order valence-corrected chi connectivity index (χ0v) is 11.3. The minimum absolute atomic E-state index is 0.0697. The summed E-state index contributed by atoms with van der Waals surface area (Å²) in [5, 5.41) is 22.8. The van der Waals surface area contributed by atoms with Crippen molar-refractivity contribution in [3.8, 4) is 0 Å². The fraction of sp³-hybridized carbons (Fsp3) is 0.462. The first-order valence-electron chi connectivity index (χ1n) is 6.02. The maximum Gasteiger partial charge on any atom is 0.342 e. The van der Waals surface area contributed by atoms with Crippen LogP contribution in [-0.4, -0.2) is 22.5 Å². The van der Waals surface area contributed by atoms with Crippen molar-refractivity contribution >= 4 is 17.3 Å². The Labute approximate surface area is 111 Å². The largest absolute Gasteiger partial charge is 0.477 e. The normalized spacial score (nSPS) is 11.1. The molecule has 6 heteroatoms. The summed E-state index contributed by atoms with van der Waals surface area (Å²) in [7, 11) is 0. The molecule has 104 valence electrons. The number of nitrogens with one attached hydrogen (secondary N) is 1. The Hall–Kier alpha value is -2.11. The maximum atomic E-state index is 10.9. The topological polar surface area (TPSA) is 92.5 Å². The molecule has 6 nitrogen and oxygen atoms in total. The molecule has 0 amide bonds. The van der Waals surface area contributed by atoms with Gasteiger partial charge in [0.2, 0.25) is 0 Å². The van der Waals surface area contributed by atoms with Crippen LogP contribution >= 0.6 is 0 Å². The fourth-order valence-corrected chi connectivity index (χ4v) is 1.44. The van der Waals surface area contributed by atoms with E-state index in [0.717, 1.165) is 6.42 Å². The molecule has 1 aromatic carbocycles. The smallest absolute Gasteiger partial charge is 0.342 e. The molecule has 1 aromatic rings. The van der Waals surface area contributed by atoms with Crippen molar-refractivity contribution in [3.05, 3.63) is 33.9 Å². The first-order valence-corrected chi connectivity index (χ1v) is 6.02. The number of aromatic carboxylic acids is 1. The quantitative estimate of drug-likeness (QED) is 0.609. The standard InChI is InChI=1S/C13H18N2O4/c1-4-13(2,3)8-14-9-5-6-10(12(16)17)11(7-9)15(18)19/h5-7,14H,4,8H2,1-3H3,(H,16,17). The summed E-state index contributed by atoms with van der Waals surface area (Å²) in [6.07, 6.45) is 0.968. The summed E-state index contributed by atoms with van der Waals surface area (Å²) < 4.78 is 0. The predicted molar refractivity (Wildman–Crippen MR) is 72.6 cm³/mol. The number of nitro benzene ring substituents is 1. The van der Waals surface area contributed by atoms with Gasteiger partial charge in [-0.3, -0.25) is 10.1 Å². The molecule has 0 fully saturated rings. The molecule has 0 atom stereocenters. The van der Waals surface area contributed by atoms with Crippen LogP contribution in [0.5, 0.6) is 0 Å². The van der Waals surface area contributed by atoms with Crippen LogP contribution in [0, 0.1) is 15.5 Å². The van der Waals surface area contributed by atoms with Crippen LogP contribution in [0.4, 0.5) is 11.4 Å². The lowest BCUT2D eigenvalue weighted by molar-refractivity contribution is -0.385. The molecule has 0 spiro atoms. The number of benzene rings is 1. The van der Waals surface area contributed by atoms with E-state index in [1.807, 2.05) is 0 Å². The minimum Gasteiger partial charge on any atom is -0.477 e. The molecule has 0 aliphatic rings. The molecule has 0 heterocycles. The Morgan fingerprint density at radius 2 is 2.11 bits per heavy atom. The highest BCUT2D eigenvalue weighted by atomic mass is 16.6. The molecule has 0 saturated carbocycles. The summed E-state index contributed by atoms with van der Waals surface area (Å²) >= 11 is 0. The van der Waals surface area contributed by atoms with Gasteiger partial charge in [-0.1, -0.05) is 20.8 Å². The van der Waals surface area contributed by atoms with Gasteiger partial charge in [0.25, 0.3) is 5.69 Å². The van der Waals surface area contributed by atoms with E-state index in [1.54, 1.807) is 6.07 Å². The van der Waals surface area contributed by atoms with E-state index in [-0.39, 0.29) is 11.0 Å². The summed E-state index contributed by atoms with van der Waals surface area (Å²) in [4.78, 5) is 21.0. The van der Waals surface area contributed by atoms with Gasteiger partial charge in [-0.05, 0) is 24.0 Å². The summed E-state index contributed by atoms with van der Waals surface area (Å²) in [6.45, 7) is 6.89. The number of nitrogens with zero attached hydrogens (tertiary/aromatic N) is 1. The van der Waals surface area contributed by atoms with E-state index >= 15 is 0 Å². The molecular weight excluding hydrogens is 248 g/mol. The van der Waals surface area contributed by atoms with Crippen LogP contribution in [0.1, 0.15) is 37.6 Å². The average molecular weight is 266 g/mol. The van der Waals surface area contributed by atoms with E-state index in [2.05, 4.69) is 26.1 Å². The van der Waals surface area contributed by atoms with Crippen molar-refractivity contribution in [1.29, 1.82) is 0 Å². The molecule has 19 heavy (non-hydrogen) atoms. The number of anilines is 1. The SMILES string of the molecule is CCC(C)(C)CNc1ccc(C(=O)O)c([N+](=O)[O-])c1. The van der Waals surface area contributed by atoms with E-state index in [9.17, 15) is 14.9 Å². The van der Waals surface area contributed by atoms with Gasteiger partial charge in [0, 0.05) is 18.3 Å². The van der Waals surface area contributed by atoms with Gasteiger partial charge < -0.3 is 10.4 Å². The van der Waals surface area contributed by atoms with Crippen LogP contribution in [0.3, 0.4) is 0 Å². The molecule has 0 aromatic heterocycles. The first-order chi connectivity index (χ1) is 8.76. The van der Waals surface area contributed by atoms with Gasteiger partial charge in [0.1, 0.15) is 5.56 Å². The zero-order chi connectivity index (χ0) is 14.6. The number of carboxylic acids is 1. The number of nitro groups is 1. The highest BCUT2D eigenvalue weighted by Gasteiger charge is 2.21. The van der Waals surface area contributed by atoms with Gasteiger partial charge in [-0.25, -0.2) is 4.79 Å². The Kier molecular flexibility index (Phi) is 4.47. The maximum absolute atomic E-state index is 10.9. The number of carbonyl (C=O) groups is 1. The first kappa shape index (κ1) is 14.9. The summed E-state index contributed by atoms with van der Waals surface area (Å²) in [6, 6.07) is 4.05.